The highest BCUT2D eigenvalue weighted by Crippen LogP contribution is 2.32. The Kier molecular flexibility index (Phi) is 4.63. The number of carbonyl (C=O) groups excluding carboxylic acids is 1. The lowest BCUT2D eigenvalue weighted by Crippen LogP contribution is -2.41. The van der Waals surface area contributed by atoms with Crippen LogP contribution in [-0.2, 0) is 4.79 Å². The highest BCUT2D eigenvalue weighted by Gasteiger charge is 2.36. The summed E-state index contributed by atoms with van der Waals surface area (Å²) in [5, 5.41) is 9.41. The number of nitrogens with zero attached hydrogens (tertiary/aromatic N) is 3. The zero-order valence-electron chi connectivity index (χ0n) is 13.2. The normalized spacial score (nSPS) is 18.5. The minimum atomic E-state index is -0.453. The summed E-state index contributed by atoms with van der Waals surface area (Å²) in [5.74, 6) is 0.760. The Balaban J connectivity index is 2.00. The summed E-state index contributed by atoms with van der Waals surface area (Å²) in [4.78, 5) is 17.9. The predicted octanol–water partition coefficient (Wildman–Crippen LogP) is 2.64. The third kappa shape index (κ3) is 2.80. The molecule has 2 aliphatic rings. The van der Waals surface area contributed by atoms with Crippen molar-refractivity contribution in [1.82, 2.24) is 4.90 Å². The van der Waals surface area contributed by atoms with E-state index in [0.717, 1.165) is 11.9 Å². The number of amidine groups is 3. The van der Waals surface area contributed by atoms with Gasteiger partial charge in [0, 0.05) is 0 Å². The minimum absolute atomic E-state index is 0.0675. The molecule has 0 saturated carbocycles. The van der Waals surface area contributed by atoms with Crippen LogP contribution in [0.2, 0.25) is 0 Å². The van der Waals surface area contributed by atoms with Crippen LogP contribution in [0.5, 0.6) is 11.5 Å². The number of aliphatic imine (C=N–C) groups is 1. The number of methoxy groups -OCH3 is 2. The van der Waals surface area contributed by atoms with Crippen LogP contribution in [0.1, 0.15) is 5.56 Å². The molecule has 0 atom stereocenters. The van der Waals surface area contributed by atoms with Crippen molar-refractivity contribution in [2.45, 2.75) is 0 Å². The fourth-order valence-corrected chi connectivity index (χ4v) is 3.69. The van der Waals surface area contributed by atoms with Crippen LogP contribution in [0.15, 0.2) is 33.2 Å². The molecule has 124 valence electrons. The van der Waals surface area contributed by atoms with E-state index in [9.17, 15) is 4.79 Å². The molecule has 0 unspecified atom stereocenters. The summed E-state index contributed by atoms with van der Waals surface area (Å²) in [6.07, 6.45) is 3.48. The second kappa shape index (κ2) is 6.70. The maximum atomic E-state index is 12.3. The number of thioether (sulfide) groups is 1. The summed E-state index contributed by atoms with van der Waals surface area (Å²) >= 11 is 2.50. The van der Waals surface area contributed by atoms with Gasteiger partial charge in [-0.2, -0.15) is 9.39 Å². The molecule has 0 bridgehead atoms. The van der Waals surface area contributed by atoms with Crippen molar-refractivity contribution in [1.29, 1.82) is 5.41 Å². The molecule has 0 spiro atoms. The van der Waals surface area contributed by atoms with Gasteiger partial charge < -0.3 is 9.47 Å². The Labute approximate surface area is 147 Å². The highest BCUT2D eigenvalue weighted by atomic mass is 32.2. The lowest BCUT2D eigenvalue weighted by Gasteiger charge is -2.23. The molecule has 0 aromatic heterocycles. The van der Waals surface area contributed by atoms with Crippen molar-refractivity contribution < 1.29 is 14.3 Å². The molecule has 1 aromatic carbocycles. The Morgan fingerprint density at radius 3 is 2.71 bits per heavy atom. The van der Waals surface area contributed by atoms with E-state index in [1.54, 1.807) is 43.4 Å². The quantitative estimate of drug-likeness (QED) is 0.657. The van der Waals surface area contributed by atoms with Crippen LogP contribution in [0.3, 0.4) is 0 Å². The fourth-order valence-electron chi connectivity index (χ4n) is 2.24. The van der Waals surface area contributed by atoms with E-state index in [2.05, 4.69) is 9.39 Å². The largest absolute Gasteiger partial charge is 0.493 e. The average Bonchev–Trinajstić information content (AvgIpc) is 3.01. The second-order valence-electron chi connectivity index (χ2n) is 4.73. The van der Waals surface area contributed by atoms with Crippen LogP contribution in [0.25, 0.3) is 6.08 Å². The molecule has 0 radical (unpaired) electrons. The number of nitrogens with one attached hydrogen (secondary N) is 1. The second-order valence-corrected chi connectivity index (χ2v) is 6.23. The van der Waals surface area contributed by atoms with Gasteiger partial charge in [0.2, 0.25) is 5.17 Å². The zero-order chi connectivity index (χ0) is 17.3. The molecule has 3 rings (SSSR count). The molecule has 2 aliphatic heterocycles. The van der Waals surface area contributed by atoms with Gasteiger partial charge in [-0.05, 0) is 30.0 Å². The Hall–Kier alpha value is -2.26. The van der Waals surface area contributed by atoms with Crippen LogP contribution < -0.4 is 9.47 Å². The molecule has 1 aromatic rings. The molecular weight excluding hydrogens is 348 g/mol. The molecular formula is C15H14N4O3S2. The standard InChI is InChI=1S/C15H14N4O3S2/c1-21-10-5-4-8(7-11(10)22-2)6-9-12(16)19-14(17-13(9)20)24-18-15(19)23-3/h4-7,16H,1-3H3/b9-6-,16-12?. The van der Waals surface area contributed by atoms with Crippen molar-refractivity contribution in [3.63, 3.8) is 0 Å². The number of fused-ring (bicyclic) bond motifs is 1. The lowest BCUT2D eigenvalue weighted by molar-refractivity contribution is -0.114. The first-order valence-corrected chi connectivity index (χ1v) is 8.83. The van der Waals surface area contributed by atoms with Crippen molar-refractivity contribution in [3.05, 3.63) is 29.3 Å². The third-order valence-corrected chi connectivity index (χ3v) is 4.85. The minimum Gasteiger partial charge on any atom is -0.493 e. The molecule has 0 fully saturated rings. The van der Waals surface area contributed by atoms with E-state index in [1.165, 1.54) is 11.8 Å². The zero-order valence-corrected chi connectivity index (χ0v) is 14.8. The van der Waals surface area contributed by atoms with E-state index >= 15 is 0 Å². The van der Waals surface area contributed by atoms with Crippen LogP contribution in [0, 0.1) is 5.41 Å². The summed E-state index contributed by atoms with van der Waals surface area (Å²) < 4.78 is 14.7. The van der Waals surface area contributed by atoms with Gasteiger partial charge in [0.1, 0.15) is 5.84 Å². The monoisotopic (exact) mass is 362 g/mol. The first-order valence-electron chi connectivity index (χ1n) is 6.83. The molecule has 7 nitrogen and oxygen atoms in total. The molecule has 1 amide bonds. The van der Waals surface area contributed by atoms with E-state index in [1.807, 2.05) is 6.26 Å². The van der Waals surface area contributed by atoms with Crippen molar-refractivity contribution in [2.24, 2.45) is 9.39 Å². The predicted molar refractivity (Wildman–Crippen MR) is 98.1 cm³/mol. The maximum absolute atomic E-state index is 12.3. The smallest absolute Gasteiger partial charge is 0.283 e. The summed E-state index contributed by atoms with van der Waals surface area (Å²) in [6, 6.07) is 5.28. The van der Waals surface area contributed by atoms with Crippen LogP contribution >= 0.6 is 23.7 Å². The maximum Gasteiger partial charge on any atom is 0.283 e. The van der Waals surface area contributed by atoms with Gasteiger partial charge in [-0.25, -0.2) is 4.90 Å². The molecule has 0 aliphatic carbocycles. The Morgan fingerprint density at radius 2 is 2.04 bits per heavy atom. The lowest BCUT2D eigenvalue weighted by atomic mass is 10.1. The van der Waals surface area contributed by atoms with E-state index < -0.39 is 5.91 Å². The number of benzene rings is 1. The number of hydrogen-bond donors (Lipinski definition) is 1. The number of amides is 1. The Bertz CT molecular complexity index is 817. The van der Waals surface area contributed by atoms with Gasteiger partial charge in [-0.1, -0.05) is 17.8 Å². The van der Waals surface area contributed by atoms with Gasteiger partial charge in [0.05, 0.1) is 31.7 Å². The first-order chi connectivity index (χ1) is 11.6. The Morgan fingerprint density at radius 1 is 1.29 bits per heavy atom. The molecule has 0 saturated heterocycles. The van der Waals surface area contributed by atoms with Crippen LogP contribution in [0.4, 0.5) is 0 Å². The number of carbonyl (C=O) groups is 1. The summed E-state index contributed by atoms with van der Waals surface area (Å²) in [6.45, 7) is 0. The van der Waals surface area contributed by atoms with Crippen molar-refractivity contribution in [3.8, 4) is 11.5 Å². The molecule has 9 heteroatoms. The highest BCUT2D eigenvalue weighted by molar-refractivity contribution is 8.18. The number of hydrogen-bond acceptors (Lipinski definition) is 7. The molecule has 24 heavy (non-hydrogen) atoms. The van der Waals surface area contributed by atoms with Gasteiger partial charge in [0.15, 0.2) is 16.7 Å². The van der Waals surface area contributed by atoms with E-state index in [4.69, 9.17) is 14.9 Å². The van der Waals surface area contributed by atoms with Crippen LogP contribution in [-0.4, -0.2) is 47.5 Å². The summed E-state index contributed by atoms with van der Waals surface area (Å²) in [5.41, 5.74) is 0.920. The van der Waals surface area contributed by atoms with Crippen molar-refractivity contribution >= 4 is 51.9 Å². The number of ether oxygens (including phenoxy) is 2. The van der Waals surface area contributed by atoms with Gasteiger partial charge >= 0.3 is 0 Å². The van der Waals surface area contributed by atoms with Gasteiger partial charge in [-0.15, -0.1) is 0 Å². The molecule has 1 N–H and O–H groups in total. The van der Waals surface area contributed by atoms with E-state index in [0.29, 0.717) is 27.4 Å². The van der Waals surface area contributed by atoms with Crippen molar-refractivity contribution in [2.75, 3.05) is 20.5 Å². The number of rotatable bonds is 3. The van der Waals surface area contributed by atoms with Gasteiger partial charge in [0.25, 0.3) is 5.91 Å². The van der Waals surface area contributed by atoms with E-state index in [-0.39, 0.29) is 11.4 Å². The fraction of sp³-hybridized carbons (Fsp3) is 0.200. The topological polar surface area (TPSA) is 87.3 Å². The van der Waals surface area contributed by atoms with Gasteiger partial charge in [-0.3, -0.25) is 10.2 Å². The SMILES string of the molecule is COc1ccc(/C=C2/C(=N)N3C(SC)=NSC3=NC2=O)cc1OC. The first kappa shape index (κ1) is 16.6. The third-order valence-electron chi connectivity index (χ3n) is 3.40. The average molecular weight is 362 g/mol. The molecule has 2 heterocycles. The summed E-state index contributed by atoms with van der Waals surface area (Å²) in [7, 11) is 3.10.